The number of aromatic nitrogens is 2. The highest BCUT2D eigenvalue weighted by atomic mass is 32.2. The molecule has 0 bridgehead atoms. The summed E-state index contributed by atoms with van der Waals surface area (Å²) in [6, 6.07) is 16.7. The number of thioether (sulfide) groups is 1. The van der Waals surface area contributed by atoms with Crippen LogP contribution in [0.4, 0.5) is 5.69 Å². The molecular weight excluding hydrogens is 408 g/mol. The fraction of sp³-hybridized carbons (Fsp3) is 0.200. The van der Waals surface area contributed by atoms with E-state index in [9.17, 15) is 9.59 Å². The minimum absolute atomic E-state index is 0.116. The van der Waals surface area contributed by atoms with E-state index in [1.807, 2.05) is 49.4 Å². The zero-order valence-corrected chi connectivity index (χ0v) is 17.4. The standard InChI is InChI=1S/C20H20N4O3S2/c1-2-27-16-10-8-14(9-11-16)12-21-17(25)13-28-20-24-23-19(29-20)18(26)22-15-6-4-3-5-7-15/h3-11H,2,12-13H2,1H3,(H,21,25)(H,22,26). The van der Waals surface area contributed by atoms with E-state index >= 15 is 0 Å². The van der Waals surface area contributed by atoms with Crippen molar-refractivity contribution in [3.8, 4) is 5.75 Å². The Labute approximate surface area is 176 Å². The van der Waals surface area contributed by atoms with Gasteiger partial charge in [0.1, 0.15) is 5.75 Å². The summed E-state index contributed by atoms with van der Waals surface area (Å²) in [5.74, 6) is 0.572. The summed E-state index contributed by atoms with van der Waals surface area (Å²) in [4.78, 5) is 24.3. The second kappa shape index (κ2) is 10.6. The van der Waals surface area contributed by atoms with Crippen molar-refractivity contribution in [1.82, 2.24) is 15.5 Å². The number of anilines is 1. The zero-order chi connectivity index (χ0) is 20.5. The molecule has 2 N–H and O–H groups in total. The first-order valence-electron chi connectivity index (χ1n) is 8.95. The maximum Gasteiger partial charge on any atom is 0.286 e. The number of benzene rings is 2. The number of hydrogen-bond donors (Lipinski definition) is 2. The Balaban J connectivity index is 1.43. The van der Waals surface area contributed by atoms with Crippen molar-refractivity contribution in [3.05, 3.63) is 65.2 Å². The van der Waals surface area contributed by atoms with E-state index in [1.165, 1.54) is 11.8 Å². The highest BCUT2D eigenvalue weighted by molar-refractivity contribution is 8.01. The highest BCUT2D eigenvalue weighted by Gasteiger charge is 2.14. The Bertz CT molecular complexity index is 946. The predicted octanol–water partition coefficient (Wildman–Crippen LogP) is 3.60. The summed E-state index contributed by atoms with van der Waals surface area (Å²) < 4.78 is 5.96. The minimum atomic E-state index is -0.319. The third-order valence-corrected chi connectivity index (χ3v) is 5.74. The monoisotopic (exact) mass is 428 g/mol. The fourth-order valence-electron chi connectivity index (χ4n) is 2.32. The van der Waals surface area contributed by atoms with Crippen molar-refractivity contribution in [2.45, 2.75) is 17.8 Å². The van der Waals surface area contributed by atoms with E-state index in [-0.39, 0.29) is 22.6 Å². The van der Waals surface area contributed by atoms with Crippen molar-refractivity contribution in [1.29, 1.82) is 0 Å². The molecule has 29 heavy (non-hydrogen) atoms. The lowest BCUT2D eigenvalue weighted by molar-refractivity contribution is -0.118. The number of carbonyl (C=O) groups is 2. The number of nitrogens with one attached hydrogen (secondary N) is 2. The van der Waals surface area contributed by atoms with Crippen LogP contribution in [-0.4, -0.2) is 34.4 Å². The topological polar surface area (TPSA) is 93.2 Å². The van der Waals surface area contributed by atoms with Gasteiger partial charge in [0.15, 0.2) is 4.34 Å². The lowest BCUT2D eigenvalue weighted by Crippen LogP contribution is -2.24. The average Bonchev–Trinajstić information content (AvgIpc) is 3.22. The number of amides is 2. The molecule has 0 unspecified atom stereocenters. The van der Waals surface area contributed by atoms with Crippen molar-refractivity contribution < 1.29 is 14.3 Å². The smallest absolute Gasteiger partial charge is 0.286 e. The maximum atomic E-state index is 12.2. The van der Waals surface area contributed by atoms with Gasteiger partial charge in [-0.15, -0.1) is 10.2 Å². The van der Waals surface area contributed by atoms with E-state index in [2.05, 4.69) is 20.8 Å². The van der Waals surface area contributed by atoms with Gasteiger partial charge in [-0.25, -0.2) is 0 Å². The van der Waals surface area contributed by atoms with E-state index in [0.717, 1.165) is 22.6 Å². The van der Waals surface area contributed by atoms with Gasteiger partial charge >= 0.3 is 0 Å². The molecular formula is C20H20N4O3S2. The van der Waals surface area contributed by atoms with Crippen LogP contribution in [0.1, 0.15) is 22.3 Å². The van der Waals surface area contributed by atoms with Gasteiger partial charge in [-0.3, -0.25) is 9.59 Å². The highest BCUT2D eigenvalue weighted by Crippen LogP contribution is 2.23. The van der Waals surface area contributed by atoms with Gasteiger partial charge in [0, 0.05) is 12.2 Å². The molecule has 1 aromatic heterocycles. The molecule has 9 heteroatoms. The Morgan fingerprint density at radius 1 is 1.07 bits per heavy atom. The molecule has 2 amide bonds. The van der Waals surface area contributed by atoms with Crippen molar-refractivity contribution >= 4 is 40.6 Å². The zero-order valence-electron chi connectivity index (χ0n) is 15.8. The Morgan fingerprint density at radius 3 is 2.55 bits per heavy atom. The van der Waals surface area contributed by atoms with Crippen LogP contribution >= 0.6 is 23.1 Å². The van der Waals surface area contributed by atoms with Crippen LogP contribution < -0.4 is 15.4 Å². The third kappa shape index (κ3) is 6.58. The third-order valence-electron chi connectivity index (χ3n) is 3.68. The Morgan fingerprint density at radius 2 is 1.83 bits per heavy atom. The van der Waals surface area contributed by atoms with Crippen LogP contribution in [-0.2, 0) is 11.3 Å². The van der Waals surface area contributed by atoms with E-state index in [1.54, 1.807) is 12.1 Å². The van der Waals surface area contributed by atoms with Crippen LogP contribution in [0.15, 0.2) is 58.9 Å². The van der Waals surface area contributed by atoms with Gasteiger partial charge < -0.3 is 15.4 Å². The number of nitrogens with zero attached hydrogens (tertiary/aromatic N) is 2. The van der Waals surface area contributed by atoms with Crippen molar-refractivity contribution in [2.75, 3.05) is 17.7 Å². The molecule has 0 saturated carbocycles. The maximum absolute atomic E-state index is 12.2. The van der Waals surface area contributed by atoms with Gasteiger partial charge in [-0.05, 0) is 36.8 Å². The molecule has 0 fully saturated rings. The second-order valence-corrected chi connectivity index (χ2v) is 8.04. The summed E-state index contributed by atoms with van der Waals surface area (Å²) in [7, 11) is 0. The van der Waals surface area contributed by atoms with Crippen LogP contribution in [0.25, 0.3) is 0 Å². The minimum Gasteiger partial charge on any atom is -0.494 e. The van der Waals surface area contributed by atoms with Gasteiger partial charge in [0.2, 0.25) is 10.9 Å². The van der Waals surface area contributed by atoms with Gasteiger partial charge in [0.25, 0.3) is 5.91 Å². The summed E-state index contributed by atoms with van der Waals surface area (Å²) in [5.41, 5.74) is 1.68. The first-order valence-corrected chi connectivity index (χ1v) is 10.8. The van der Waals surface area contributed by atoms with E-state index in [0.29, 0.717) is 23.2 Å². The van der Waals surface area contributed by atoms with Crippen LogP contribution in [0, 0.1) is 0 Å². The molecule has 0 aliphatic carbocycles. The molecule has 0 saturated heterocycles. The van der Waals surface area contributed by atoms with Gasteiger partial charge in [0.05, 0.1) is 12.4 Å². The van der Waals surface area contributed by atoms with Crippen LogP contribution in [0.5, 0.6) is 5.75 Å². The lowest BCUT2D eigenvalue weighted by atomic mass is 10.2. The van der Waals surface area contributed by atoms with Crippen molar-refractivity contribution in [3.63, 3.8) is 0 Å². The lowest BCUT2D eigenvalue weighted by Gasteiger charge is -2.06. The number of hydrogen-bond acceptors (Lipinski definition) is 7. The molecule has 0 aliphatic rings. The summed E-state index contributed by atoms with van der Waals surface area (Å²) in [6.07, 6.45) is 0. The number of carbonyl (C=O) groups excluding carboxylic acids is 2. The largest absolute Gasteiger partial charge is 0.494 e. The number of para-hydroxylation sites is 1. The first kappa shape index (κ1) is 20.8. The van der Waals surface area contributed by atoms with Gasteiger partial charge in [-0.1, -0.05) is 53.4 Å². The second-order valence-electron chi connectivity index (χ2n) is 5.84. The summed E-state index contributed by atoms with van der Waals surface area (Å²) in [6.45, 7) is 2.99. The molecule has 7 nitrogen and oxygen atoms in total. The summed E-state index contributed by atoms with van der Waals surface area (Å²) >= 11 is 2.41. The normalized spacial score (nSPS) is 10.4. The molecule has 1 heterocycles. The SMILES string of the molecule is CCOc1ccc(CNC(=O)CSc2nnc(C(=O)Nc3ccccc3)s2)cc1. The van der Waals surface area contributed by atoms with E-state index in [4.69, 9.17) is 4.74 Å². The molecule has 3 rings (SSSR count). The average molecular weight is 429 g/mol. The van der Waals surface area contributed by atoms with Crippen LogP contribution in [0.2, 0.25) is 0 Å². The Hall–Kier alpha value is -2.91. The fourth-order valence-corrected chi connectivity index (χ4v) is 3.89. The quantitative estimate of drug-likeness (QED) is 0.506. The molecule has 0 aliphatic heterocycles. The Kier molecular flexibility index (Phi) is 7.60. The molecule has 0 atom stereocenters. The molecule has 0 radical (unpaired) electrons. The number of ether oxygens (including phenoxy) is 1. The van der Waals surface area contributed by atoms with E-state index < -0.39 is 0 Å². The molecule has 2 aromatic carbocycles. The molecule has 150 valence electrons. The number of rotatable bonds is 9. The predicted molar refractivity (Wildman–Crippen MR) is 114 cm³/mol. The van der Waals surface area contributed by atoms with Crippen molar-refractivity contribution in [2.24, 2.45) is 0 Å². The molecule has 3 aromatic rings. The van der Waals surface area contributed by atoms with Gasteiger partial charge in [-0.2, -0.15) is 0 Å². The molecule has 0 spiro atoms. The summed E-state index contributed by atoms with van der Waals surface area (Å²) in [5, 5.41) is 13.7. The van der Waals surface area contributed by atoms with Crippen LogP contribution in [0.3, 0.4) is 0 Å². The first-order chi connectivity index (χ1) is 14.1.